The fourth-order valence-electron chi connectivity index (χ4n) is 2.02. The SMILES string of the molecule is O=[N+]([O-])c1cc(-c2nc3cc(Cl)c(Cl)cc3[nH]2)cc(O)c1O. The van der Waals surface area contributed by atoms with E-state index in [0.29, 0.717) is 21.1 Å². The van der Waals surface area contributed by atoms with Crippen LogP contribution in [0.1, 0.15) is 0 Å². The van der Waals surface area contributed by atoms with Crippen molar-refractivity contribution in [3.8, 4) is 22.9 Å². The fraction of sp³-hybridized carbons (Fsp3) is 0. The predicted octanol–water partition coefficient (Wildman–Crippen LogP) is 3.86. The van der Waals surface area contributed by atoms with Crippen LogP contribution in [0.5, 0.6) is 11.5 Å². The number of nitro groups is 1. The molecule has 9 heteroatoms. The minimum Gasteiger partial charge on any atom is -0.504 e. The molecule has 1 heterocycles. The molecule has 0 aliphatic carbocycles. The molecular weight excluding hydrogens is 333 g/mol. The number of aromatic hydroxyl groups is 2. The van der Waals surface area contributed by atoms with Crippen LogP contribution < -0.4 is 0 Å². The maximum Gasteiger partial charge on any atom is 0.315 e. The molecule has 0 saturated carbocycles. The molecule has 0 radical (unpaired) electrons. The van der Waals surface area contributed by atoms with E-state index in [1.54, 1.807) is 12.1 Å². The lowest BCUT2D eigenvalue weighted by Crippen LogP contribution is -1.91. The van der Waals surface area contributed by atoms with Crippen molar-refractivity contribution in [3.05, 3.63) is 44.4 Å². The number of nitro benzene ring substituents is 1. The minimum atomic E-state index is -0.797. The Morgan fingerprint density at radius 3 is 2.50 bits per heavy atom. The summed E-state index contributed by atoms with van der Waals surface area (Å²) >= 11 is 11.8. The molecule has 0 saturated heterocycles. The average Bonchev–Trinajstić information content (AvgIpc) is 2.84. The van der Waals surface area contributed by atoms with Crippen molar-refractivity contribution in [2.75, 3.05) is 0 Å². The number of halogens is 2. The van der Waals surface area contributed by atoms with Crippen LogP contribution in [-0.4, -0.2) is 25.1 Å². The Morgan fingerprint density at radius 2 is 1.82 bits per heavy atom. The van der Waals surface area contributed by atoms with E-state index in [9.17, 15) is 20.3 Å². The topological polar surface area (TPSA) is 112 Å². The van der Waals surface area contributed by atoms with Gasteiger partial charge in [0.25, 0.3) is 0 Å². The lowest BCUT2D eigenvalue weighted by Gasteiger charge is -2.02. The van der Waals surface area contributed by atoms with E-state index in [0.717, 1.165) is 6.07 Å². The van der Waals surface area contributed by atoms with Gasteiger partial charge in [0, 0.05) is 11.6 Å². The van der Waals surface area contributed by atoms with Gasteiger partial charge in [-0.05, 0) is 18.2 Å². The Balaban J connectivity index is 2.21. The third-order valence-corrected chi connectivity index (χ3v) is 3.79. The zero-order valence-electron chi connectivity index (χ0n) is 10.7. The molecule has 7 nitrogen and oxygen atoms in total. The third kappa shape index (κ3) is 2.30. The van der Waals surface area contributed by atoms with Gasteiger partial charge < -0.3 is 15.2 Å². The first kappa shape index (κ1) is 14.4. The van der Waals surface area contributed by atoms with E-state index < -0.39 is 22.1 Å². The summed E-state index contributed by atoms with van der Waals surface area (Å²) < 4.78 is 0. The first-order valence-corrected chi connectivity index (χ1v) is 6.68. The van der Waals surface area contributed by atoms with E-state index in [1.807, 2.05) is 0 Å². The van der Waals surface area contributed by atoms with Gasteiger partial charge in [0.05, 0.1) is 26.0 Å². The highest BCUT2D eigenvalue weighted by atomic mass is 35.5. The molecule has 3 rings (SSSR count). The van der Waals surface area contributed by atoms with Gasteiger partial charge in [-0.3, -0.25) is 10.1 Å². The second-order valence-electron chi connectivity index (χ2n) is 4.49. The van der Waals surface area contributed by atoms with Crippen LogP contribution in [0.3, 0.4) is 0 Å². The molecule has 112 valence electrons. The molecule has 0 aliphatic heterocycles. The number of nitrogens with one attached hydrogen (secondary N) is 1. The Kier molecular flexibility index (Phi) is 3.31. The standard InChI is InChI=1S/C13H7Cl2N3O4/c14-6-3-8-9(4-7(6)15)17-13(16-8)5-1-10(18(21)22)12(20)11(19)2-5/h1-4,19-20H,(H,16,17). The van der Waals surface area contributed by atoms with E-state index in [2.05, 4.69) is 9.97 Å². The number of H-pyrrole nitrogens is 1. The maximum absolute atomic E-state index is 10.9. The molecule has 0 amide bonds. The van der Waals surface area contributed by atoms with Gasteiger partial charge in [0.2, 0.25) is 5.75 Å². The summed E-state index contributed by atoms with van der Waals surface area (Å²) in [6, 6.07) is 5.40. The van der Waals surface area contributed by atoms with Gasteiger partial charge in [-0.2, -0.15) is 0 Å². The minimum absolute atomic E-state index is 0.241. The lowest BCUT2D eigenvalue weighted by atomic mass is 10.1. The lowest BCUT2D eigenvalue weighted by molar-refractivity contribution is -0.385. The Bertz CT molecular complexity index is 884. The van der Waals surface area contributed by atoms with Crippen LogP contribution in [0.2, 0.25) is 10.0 Å². The van der Waals surface area contributed by atoms with Crippen molar-refractivity contribution in [2.45, 2.75) is 0 Å². The Hall–Kier alpha value is -2.51. The molecule has 0 atom stereocenters. The van der Waals surface area contributed by atoms with Crippen molar-refractivity contribution in [1.82, 2.24) is 9.97 Å². The summed E-state index contributed by atoms with van der Waals surface area (Å²) in [4.78, 5) is 17.3. The van der Waals surface area contributed by atoms with Crippen molar-refractivity contribution in [3.63, 3.8) is 0 Å². The van der Waals surface area contributed by atoms with Gasteiger partial charge in [-0.1, -0.05) is 23.2 Å². The number of hydrogen-bond donors (Lipinski definition) is 3. The van der Waals surface area contributed by atoms with Crippen molar-refractivity contribution in [1.29, 1.82) is 0 Å². The summed E-state index contributed by atoms with van der Waals surface area (Å²) in [6.45, 7) is 0. The van der Waals surface area contributed by atoms with Crippen LogP contribution in [0.15, 0.2) is 24.3 Å². The average molecular weight is 340 g/mol. The number of phenolic OH excluding ortho intramolecular Hbond substituents is 2. The summed E-state index contributed by atoms with van der Waals surface area (Å²) in [5, 5.41) is 30.7. The molecule has 3 N–H and O–H groups in total. The summed E-state index contributed by atoms with van der Waals surface area (Å²) in [7, 11) is 0. The van der Waals surface area contributed by atoms with E-state index >= 15 is 0 Å². The van der Waals surface area contributed by atoms with Crippen molar-refractivity contribution in [2.24, 2.45) is 0 Å². The summed E-state index contributed by atoms with van der Waals surface area (Å²) in [5.74, 6) is -1.14. The molecule has 0 aliphatic rings. The highest BCUT2D eigenvalue weighted by molar-refractivity contribution is 6.42. The number of aromatic nitrogens is 2. The first-order valence-electron chi connectivity index (χ1n) is 5.92. The van der Waals surface area contributed by atoms with Crippen LogP contribution >= 0.6 is 23.2 Å². The first-order chi connectivity index (χ1) is 10.4. The highest BCUT2D eigenvalue weighted by Gasteiger charge is 2.20. The van der Waals surface area contributed by atoms with Gasteiger partial charge in [-0.15, -0.1) is 0 Å². The molecule has 22 heavy (non-hydrogen) atoms. The van der Waals surface area contributed by atoms with E-state index in [4.69, 9.17) is 23.2 Å². The number of aromatic amines is 1. The van der Waals surface area contributed by atoms with Gasteiger partial charge >= 0.3 is 5.69 Å². The maximum atomic E-state index is 10.9. The summed E-state index contributed by atoms with van der Waals surface area (Å²) in [6.07, 6.45) is 0. The molecule has 1 aromatic heterocycles. The van der Waals surface area contributed by atoms with E-state index in [-0.39, 0.29) is 11.4 Å². The fourth-order valence-corrected chi connectivity index (χ4v) is 2.34. The number of rotatable bonds is 2. The second-order valence-corrected chi connectivity index (χ2v) is 5.30. The number of hydrogen-bond acceptors (Lipinski definition) is 5. The zero-order valence-corrected chi connectivity index (χ0v) is 12.2. The molecule has 0 spiro atoms. The quantitative estimate of drug-likeness (QED) is 0.372. The van der Waals surface area contributed by atoms with Gasteiger partial charge in [0.1, 0.15) is 5.82 Å². The Morgan fingerprint density at radius 1 is 1.14 bits per heavy atom. The zero-order chi connectivity index (χ0) is 16.0. The highest BCUT2D eigenvalue weighted by Crippen LogP contribution is 2.39. The second kappa shape index (κ2) is 5.04. The molecule has 0 fully saturated rings. The number of nitrogens with zero attached hydrogens (tertiary/aromatic N) is 2. The van der Waals surface area contributed by atoms with Gasteiger partial charge in [0.15, 0.2) is 5.75 Å². The van der Waals surface area contributed by atoms with Crippen LogP contribution in [-0.2, 0) is 0 Å². The molecule has 0 unspecified atom stereocenters. The van der Waals surface area contributed by atoms with Crippen LogP contribution in [0.4, 0.5) is 5.69 Å². The Labute approximate surface area is 132 Å². The number of fused-ring (bicyclic) bond motifs is 1. The normalized spacial score (nSPS) is 11.0. The predicted molar refractivity (Wildman–Crippen MR) is 81.5 cm³/mol. The number of phenols is 2. The molecule has 0 bridgehead atoms. The smallest absolute Gasteiger partial charge is 0.315 e. The number of benzene rings is 2. The van der Waals surface area contributed by atoms with E-state index in [1.165, 1.54) is 6.07 Å². The van der Waals surface area contributed by atoms with Crippen LogP contribution in [0.25, 0.3) is 22.4 Å². The molecular formula is C13H7Cl2N3O4. The van der Waals surface area contributed by atoms with Gasteiger partial charge in [-0.25, -0.2) is 4.98 Å². The monoisotopic (exact) mass is 339 g/mol. The molecule has 2 aromatic carbocycles. The molecule has 3 aromatic rings. The van der Waals surface area contributed by atoms with Crippen molar-refractivity contribution >= 4 is 39.9 Å². The number of imidazole rings is 1. The third-order valence-electron chi connectivity index (χ3n) is 3.06. The largest absolute Gasteiger partial charge is 0.504 e. The van der Waals surface area contributed by atoms with Crippen LogP contribution in [0, 0.1) is 10.1 Å². The summed E-state index contributed by atoms with van der Waals surface area (Å²) in [5.41, 5.74) is 0.719. The van der Waals surface area contributed by atoms with Crippen molar-refractivity contribution < 1.29 is 15.1 Å².